The molecule has 0 spiro atoms. The van der Waals surface area contributed by atoms with Crippen LogP contribution in [0.4, 0.5) is 5.69 Å². The van der Waals surface area contributed by atoms with Crippen LogP contribution in [-0.4, -0.2) is 16.1 Å². The molecule has 1 aromatic rings. The Bertz CT molecular complexity index is 407. The second-order valence-electron chi connectivity index (χ2n) is 4.52. The zero-order valence-corrected chi connectivity index (χ0v) is 10.6. The molecule has 0 saturated heterocycles. The van der Waals surface area contributed by atoms with Gasteiger partial charge in [-0.1, -0.05) is 25.4 Å². The van der Waals surface area contributed by atoms with Crippen molar-refractivity contribution in [1.82, 2.24) is 0 Å². The van der Waals surface area contributed by atoms with Crippen LogP contribution in [0.3, 0.4) is 0 Å². The normalized spacial score (nSPS) is 12.8. The van der Waals surface area contributed by atoms with Crippen molar-refractivity contribution in [3.63, 3.8) is 0 Å². The van der Waals surface area contributed by atoms with Crippen molar-refractivity contribution < 1.29 is 10.0 Å². The molecule has 5 heteroatoms. The molecule has 0 saturated carbocycles. The fourth-order valence-corrected chi connectivity index (χ4v) is 1.97. The van der Waals surface area contributed by atoms with Crippen LogP contribution in [0.25, 0.3) is 0 Å². The largest absolute Gasteiger partial charge is 0.393 e. The van der Waals surface area contributed by atoms with Crippen molar-refractivity contribution in [2.75, 3.05) is 0 Å². The maximum Gasteiger partial charge on any atom is 0.272 e. The van der Waals surface area contributed by atoms with Crippen LogP contribution in [0.2, 0.25) is 5.02 Å². The quantitative estimate of drug-likeness (QED) is 0.651. The number of nitro benzene ring substituents is 1. The summed E-state index contributed by atoms with van der Waals surface area (Å²) in [7, 11) is 0. The maximum atomic E-state index is 10.8. The van der Waals surface area contributed by atoms with Gasteiger partial charge in [0.15, 0.2) is 0 Å². The van der Waals surface area contributed by atoms with Crippen molar-refractivity contribution in [2.45, 2.75) is 32.8 Å². The molecular formula is C12H16ClNO3. The highest BCUT2D eigenvalue weighted by atomic mass is 35.5. The number of hydrogen-bond donors (Lipinski definition) is 1. The Hall–Kier alpha value is -1.13. The Morgan fingerprint density at radius 1 is 1.47 bits per heavy atom. The summed E-state index contributed by atoms with van der Waals surface area (Å²) in [6.45, 7) is 3.99. The lowest BCUT2D eigenvalue weighted by Crippen LogP contribution is -2.14. The molecule has 1 unspecified atom stereocenters. The van der Waals surface area contributed by atoms with Crippen molar-refractivity contribution in [3.8, 4) is 0 Å². The van der Waals surface area contributed by atoms with E-state index in [1.807, 2.05) is 13.8 Å². The van der Waals surface area contributed by atoms with Gasteiger partial charge in [0.25, 0.3) is 5.69 Å². The zero-order chi connectivity index (χ0) is 13.0. The summed E-state index contributed by atoms with van der Waals surface area (Å²) in [5.74, 6) is 0.350. The van der Waals surface area contributed by atoms with E-state index < -0.39 is 11.0 Å². The molecule has 0 amide bonds. The fourth-order valence-electron chi connectivity index (χ4n) is 1.78. The molecule has 17 heavy (non-hydrogen) atoms. The first kappa shape index (κ1) is 13.9. The van der Waals surface area contributed by atoms with Gasteiger partial charge in [0.05, 0.1) is 11.0 Å². The summed E-state index contributed by atoms with van der Waals surface area (Å²) in [4.78, 5) is 10.4. The summed E-state index contributed by atoms with van der Waals surface area (Å²) in [5.41, 5.74) is 0.493. The molecule has 0 fully saturated rings. The van der Waals surface area contributed by atoms with E-state index in [0.29, 0.717) is 22.9 Å². The van der Waals surface area contributed by atoms with E-state index in [-0.39, 0.29) is 12.1 Å². The van der Waals surface area contributed by atoms with Crippen molar-refractivity contribution in [2.24, 2.45) is 5.92 Å². The van der Waals surface area contributed by atoms with E-state index in [2.05, 4.69) is 0 Å². The van der Waals surface area contributed by atoms with Crippen LogP contribution in [0.1, 0.15) is 25.8 Å². The summed E-state index contributed by atoms with van der Waals surface area (Å²) in [6.07, 6.45) is 0.297. The van der Waals surface area contributed by atoms with Crippen molar-refractivity contribution in [1.29, 1.82) is 0 Å². The lowest BCUT2D eigenvalue weighted by Gasteiger charge is -2.13. The smallest absolute Gasteiger partial charge is 0.272 e. The van der Waals surface area contributed by atoms with E-state index in [4.69, 9.17) is 11.6 Å². The minimum atomic E-state index is -0.577. The lowest BCUT2D eigenvalue weighted by molar-refractivity contribution is -0.385. The van der Waals surface area contributed by atoms with Crippen LogP contribution >= 0.6 is 11.6 Å². The molecule has 4 nitrogen and oxygen atoms in total. The first-order valence-corrected chi connectivity index (χ1v) is 5.88. The summed E-state index contributed by atoms with van der Waals surface area (Å²) >= 11 is 5.81. The SMILES string of the molecule is CC(C)CC(O)Cc1cc(Cl)ccc1[N+](=O)[O-]. The van der Waals surface area contributed by atoms with E-state index in [0.717, 1.165) is 0 Å². The van der Waals surface area contributed by atoms with Gasteiger partial charge in [-0.25, -0.2) is 0 Å². The molecule has 0 bridgehead atoms. The molecule has 0 heterocycles. The first-order chi connectivity index (χ1) is 7.90. The van der Waals surface area contributed by atoms with Gasteiger partial charge in [0.1, 0.15) is 0 Å². The number of aliphatic hydroxyl groups excluding tert-OH is 1. The molecule has 0 aromatic heterocycles. The standard InChI is InChI=1S/C12H16ClNO3/c1-8(2)5-11(15)7-9-6-10(13)3-4-12(9)14(16)17/h3-4,6,8,11,15H,5,7H2,1-2H3. The highest BCUT2D eigenvalue weighted by Gasteiger charge is 2.17. The van der Waals surface area contributed by atoms with Gasteiger partial charge < -0.3 is 5.11 Å². The fraction of sp³-hybridized carbons (Fsp3) is 0.500. The molecule has 0 aliphatic heterocycles. The second-order valence-corrected chi connectivity index (χ2v) is 4.95. The number of benzene rings is 1. The van der Waals surface area contributed by atoms with Gasteiger partial charge in [-0.15, -0.1) is 0 Å². The number of rotatable bonds is 5. The van der Waals surface area contributed by atoms with Gasteiger partial charge in [-0.05, 0) is 24.5 Å². The second kappa shape index (κ2) is 5.98. The summed E-state index contributed by atoms with van der Waals surface area (Å²) in [5, 5.41) is 21.1. The predicted molar refractivity (Wildman–Crippen MR) is 67.3 cm³/mol. The highest BCUT2D eigenvalue weighted by molar-refractivity contribution is 6.30. The van der Waals surface area contributed by atoms with Gasteiger partial charge in [0, 0.05) is 23.1 Å². The van der Waals surface area contributed by atoms with Crippen LogP contribution in [0, 0.1) is 16.0 Å². The molecule has 1 atom stereocenters. The molecule has 1 rings (SSSR count). The number of hydrogen-bond acceptors (Lipinski definition) is 3. The monoisotopic (exact) mass is 257 g/mol. The van der Waals surface area contributed by atoms with Crippen LogP contribution in [0.5, 0.6) is 0 Å². The Morgan fingerprint density at radius 3 is 2.65 bits per heavy atom. The summed E-state index contributed by atoms with van der Waals surface area (Å²) in [6, 6.07) is 4.40. The van der Waals surface area contributed by atoms with Gasteiger partial charge in [-0.3, -0.25) is 10.1 Å². The van der Waals surface area contributed by atoms with Gasteiger partial charge in [0.2, 0.25) is 0 Å². The molecule has 0 aliphatic rings. The number of nitrogens with zero attached hydrogens (tertiary/aromatic N) is 1. The third-order valence-corrected chi connectivity index (χ3v) is 2.67. The minimum Gasteiger partial charge on any atom is -0.393 e. The predicted octanol–water partition coefficient (Wildman–Crippen LogP) is 3.20. The van der Waals surface area contributed by atoms with Crippen LogP contribution in [-0.2, 0) is 6.42 Å². The number of aliphatic hydroxyl groups is 1. The van der Waals surface area contributed by atoms with E-state index in [1.54, 1.807) is 6.07 Å². The van der Waals surface area contributed by atoms with Gasteiger partial charge in [-0.2, -0.15) is 0 Å². The average Bonchev–Trinajstić information content (AvgIpc) is 2.15. The molecule has 1 aromatic carbocycles. The third kappa shape index (κ3) is 4.32. The molecule has 0 aliphatic carbocycles. The van der Waals surface area contributed by atoms with Crippen LogP contribution < -0.4 is 0 Å². The Balaban J connectivity index is 2.88. The van der Waals surface area contributed by atoms with E-state index in [1.165, 1.54) is 12.1 Å². The lowest BCUT2D eigenvalue weighted by atomic mass is 9.99. The van der Waals surface area contributed by atoms with Crippen molar-refractivity contribution >= 4 is 17.3 Å². The maximum absolute atomic E-state index is 10.8. The van der Waals surface area contributed by atoms with E-state index >= 15 is 0 Å². The summed E-state index contributed by atoms with van der Waals surface area (Å²) < 4.78 is 0. The topological polar surface area (TPSA) is 63.4 Å². The zero-order valence-electron chi connectivity index (χ0n) is 9.89. The highest BCUT2D eigenvalue weighted by Crippen LogP contribution is 2.25. The number of nitro groups is 1. The Labute approximate surface area is 105 Å². The average molecular weight is 258 g/mol. The third-order valence-electron chi connectivity index (χ3n) is 2.44. The van der Waals surface area contributed by atoms with E-state index in [9.17, 15) is 15.2 Å². The Morgan fingerprint density at radius 2 is 2.12 bits per heavy atom. The molecule has 94 valence electrons. The molecular weight excluding hydrogens is 242 g/mol. The minimum absolute atomic E-state index is 0.0113. The van der Waals surface area contributed by atoms with Crippen molar-refractivity contribution in [3.05, 3.63) is 38.9 Å². The first-order valence-electron chi connectivity index (χ1n) is 5.51. The number of halogens is 1. The molecule has 0 radical (unpaired) electrons. The molecule has 1 N–H and O–H groups in total. The van der Waals surface area contributed by atoms with Gasteiger partial charge >= 0.3 is 0 Å². The Kier molecular flexibility index (Phi) is 4.90. The van der Waals surface area contributed by atoms with Crippen LogP contribution in [0.15, 0.2) is 18.2 Å².